The fourth-order valence-corrected chi connectivity index (χ4v) is 2.96. The van der Waals surface area contributed by atoms with Crippen LogP contribution in [0.15, 0.2) is 23.6 Å². The molecule has 0 saturated heterocycles. The highest BCUT2D eigenvalue weighted by atomic mass is 32.1. The van der Waals surface area contributed by atoms with Crippen molar-refractivity contribution < 1.29 is 19.4 Å². The Bertz CT molecular complexity index is 740. The molecule has 24 heavy (non-hydrogen) atoms. The topological polar surface area (TPSA) is 88.5 Å². The van der Waals surface area contributed by atoms with Crippen molar-refractivity contribution in [2.75, 3.05) is 7.11 Å². The second-order valence-electron chi connectivity index (χ2n) is 5.63. The van der Waals surface area contributed by atoms with Crippen molar-refractivity contribution in [3.05, 3.63) is 45.4 Å². The van der Waals surface area contributed by atoms with Crippen molar-refractivity contribution >= 4 is 23.2 Å². The molecule has 1 aromatic carbocycles. The third-order valence-corrected chi connectivity index (χ3v) is 4.58. The van der Waals surface area contributed by atoms with Crippen LogP contribution in [0.1, 0.15) is 46.4 Å². The molecule has 1 heterocycles. The molecule has 0 bridgehead atoms. The molecule has 0 aliphatic heterocycles. The van der Waals surface area contributed by atoms with Crippen molar-refractivity contribution in [1.82, 2.24) is 10.3 Å². The molecule has 0 unspecified atom stereocenters. The lowest BCUT2D eigenvalue weighted by Crippen LogP contribution is -2.24. The van der Waals surface area contributed by atoms with Crippen LogP contribution in [0.2, 0.25) is 0 Å². The molecule has 2 aromatic rings. The fraction of sp³-hybridized carbons (Fsp3) is 0.353. The van der Waals surface area contributed by atoms with Gasteiger partial charge in [0.2, 0.25) is 5.91 Å². The average Bonchev–Trinajstić information content (AvgIpc) is 3.01. The zero-order valence-electron chi connectivity index (χ0n) is 13.8. The highest BCUT2D eigenvalue weighted by molar-refractivity contribution is 7.09. The lowest BCUT2D eigenvalue weighted by Gasteiger charge is -2.08. The van der Waals surface area contributed by atoms with Gasteiger partial charge in [-0.1, -0.05) is 19.9 Å². The predicted molar refractivity (Wildman–Crippen MR) is 91.7 cm³/mol. The minimum atomic E-state index is -1.07. The van der Waals surface area contributed by atoms with Crippen molar-refractivity contribution in [3.8, 4) is 5.75 Å². The van der Waals surface area contributed by atoms with Crippen LogP contribution in [0.5, 0.6) is 5.75 Å². The van der Waals surface area contributed by atoms with E-state index in [2.05, 4.69) is 24.1 Å². The van der Waals surface area contributed by atoms with E-state index in [1.54, 1.807) is 23.5 Å². The molecule has 0 aliphatic rings. The van der Waals surface area contributed by atoms with Gasteiger partial charge in [0.05, 0.1) is 24.2 Å². The number of rotatable bonds is 7. The van der Waals surface area contributed by atoms with E-state index in [4.69, 9.17) is 9.84 Å². The van der Waals surface area contributed by atoms with Crippen LogP contribution in [0.25, 0.3) is 0 Å². The van der Waals surface area contributed by atoms with Crippen LogP contribution in [-0.4, -0.2) is 29.1 Å². The number of aromatic carboxylic acids is 1. The number of carboxylic acid groups (broad SMARTS) is 1. The van der Waals surface area contributed by atoms with Gasteiger partial charge in [0.15, 0.2) is 0 Å². The van der Waals surface area contributed by atoms with E-state index in [0.29, 0.717) is 17.2 Å². The van der Waals surface area contributed by atoms with Crippen LogP contribution >= 0.6 is 11.3 Å². The summed E-state index contributed by atoms with van der Waals surface area (Å²) in [5, 5.41) is 14.9. The number of thiazole rings is 1. The molecule has 0 atom stereocenters. The van der Waals surface area contributed by atoms with Crippen molar-refractivity contribution in [2.45, 2.75) is 32.7 Å². The second kappa shape index (κ2) is 7.92. The van der Waals surface area contributed by atoms with Crippen molar-refractivity contribution in [1.29, 1.82) is 0 Å². The SMILES string of the molecule is COc1ccc(CNC(=O)Cc2csc(C(C)C)n2)cc1C(=O)O. The molecular weight excluding hydrogens is 328 g/mol. The number of carboxylic acids is 1. The highest BCUT2D eigenvalue weighted by Crippen LogP contribution is 2.20. The lowest BCUT2D eigenvalue weighted by molar-refractivity contribution is -0.120. The summed E-state index contributed by atoms with van der Waals surface area (Å²) in [7, 11) is 1.42. The summed E-state index contributed by atoms with van der Waals surface area (Å²) in [6.07, 6.45) is 0.213. The Hall–Kier alpha value is -2.41. The van der Waals surface area contributed by atoms with E-state index in [9.17, 15) is 9.59 Å². The second-order valence-corrected chi connectivity index (χ2v) is 6.51. The Morgan fingerprint density at radius 1 is 1.38 bits per heavy atom. The van der Waals surface area contributed by atoms with E-state index >= 15 is 0 Å². The molecule has 0 spiro atoms. The van der Waals surface area contributed by atoms with Gasteiger partial charge >= 0.3 is 5.97 Å². The third-order valence-electron chi connectivity index (χ3n) is 3.39. The number of ether oxygens (including phenoxy) is 1. The van der Waals surface area contributed by atoms with Crippen LogP contribution in [-0.2, 0) is 17.8 Å². The summed E-state index contributed by atoms with van der Waals surface area (Å²) in [5.74, 6) is -0.575. The average molecular weight is 348 g/mol. The Kier molecular flexibility index (Phi) is 5.92. The maximum absolute atomic E-state index is 12.0. The van der Waals surface area contributed by atoms with Crippen LogP contribution in [0.4, 0.5) is 0 Å². The smallest absolute Gasteiger partial charge is 0.339 e. The Morgan fingerprint density at radius 3 is 2.71 bits per heavy atom. The Morgan fingerprint density at radius 2 is 2.12 bits per heavy atom. The lowest BCUT2D eigenvalue weighted by atomic mass is 10.1. The van der Waals surface area contributed by atoms with E-state index < -0.39 is 5.97 Å². The number of nitrogens with zero attached hydrogens (tertiary/aromatic N) is 1. The first-order chi connectivity index (χ1) is 11.4. The van der Waals surface area contributed by atoms with Gasteiger partial charge in [0.25, 0.3) is 0 Å². The van der Waals surface area contributed by atoms with Gasteiger partial charge in [0, 0.05) is 17.8 Å². The molecule has 6 nitrogen and oxygen atoms in total. The molecular formula is C17H20N2O4S. The monoisotopic (exact) mass is 348 g/mol. The quantitative estimate of drug-likeness (QED) is 0.803. The van der Waals surface area contributed by atoms with Crippen molar-refractivity contribution in [2.24, 2.45) is 0 Å². The van der Waals surface area contributed by atoms with Crippen molar-refractivity contribution in [3.63, 3.8) is 0 Å². The molecule has 2 N–H and O–H groups in total. The minimum Gasteiger partial charge on any atom is -0.496 e. The molecule has 0 aliphatic carbocycles. The number of methoxy groups -OCH3 is 1. The molecule has 2 rings (SSSR count). The maximum Gasteiger partial charge on any atom is 0.339 e. The fourth-order valence-electron chi connectivity index (χ4n) is 2.13. The van der Waals surface area contributed by atoms with Gasteiger partial charge in [-0.15, -0.1) is 11.3 Å². The largest absolute Gasteiger partial charge is 0.496 e. The van der Waals surface area contributed by atoms with Crippen LogP contribution in [0.3, 0.4) is 0 Å². The predicted octanol–water partition coefficient (Wildman–Crippen LogP) is 2.83. The summed E-state index contributed by atoms with van der Waals surface area (Å²) in [4.78, 5) is 27.6. The first-order valence-corrected chi connectivity index (χ1v) is 8.40. The van der Waals surface area contributed by atoms with Gasteiger partial charge < -0.3 is 15.2 Å². The highest BCUT2D eigenvalue weighted by Gasteiger charge is 2.13. The number of carbonyl (C=O) groups excluding carboxylic acids is 1. The summed E-state index contributed by atoms with van der Waals surface area (Å²) >= 11 is 1.55. The van der Waals surface area contributed by atoms with Crippen LogP contribution < -0.4 is 10.1 Å². The normalized spacial score (nSPS) is 10.7. The summed E-state index contributed by atoms with van der Waals surface area (Å²) in [6, 6.07) is 4.81. The number of nitrogens with one attached hydrogen (secondary N) is 1. The maximum atomic E-state index is 12.0. The number of amides is 1. The molecule has 128 valence electrons. The van der Waals surface area contributed by atoms with E-state index in [1.165, 1.54) is 13.2 Å². The first-order valence-electron chi connectivity index (χ1n) is 7.52. The Labute approximate surface area is 144 Å². The minimum absolute atomic E-state index is 0.0744. The molecule has 7 heteroatoms. The number of benzene rings is 1. The third kappa shape index (κ3) is 4.55. The number of aromatic nitrogens is 1. The van der Waals surface area contributed by atoms with E-state index in [0.717, 1.165) is 10.7 Å². The standard InChI is InChI=1S/C17H20N2O4S/c1-10(2)16-19-12(9-24-16)7-15(20)18-8-11-4-5-14(23-3)13(6-11)17(21)22/h4-6,9-10H,7-8H2,1-3H3,(H,18,20)(H,21,22). The van der Waals surface area contributed by atoms with Gasteiger partial charge in [-0.25, -0.2) is 9.78 Å². The van der Waals surface area contributed by atoms with Crippen LogP contribution in [0, 0.1) is 0 Å². The zero-order chi connectivity index (χ0) is 17.7. The molecule has 0 fully saturated rings. The molecule has 1 aromatic heterocycles. The van der Waals surface area contributed by atoms with E-state index in [-0.39, 0.29) is 24.4 Å². The molecule has 0 saturated carbocycles. The van der Waals surface area contributed by atoms with Gasteiger partial charge in [0.1, 0.15) is 11.3 Å². The first kappa shape index (κ1) is 17.9. The summed E-state index contributed by atoms with van der Waals surface area (Å²) < 4.78 is 5.01. The number of hydrogen-bond donors (Lipinski definition) is 2. The molecule has 1 amide bonds. The zero-order valence-corrected chi connectivity index (χ0v) is 14.6. The van der Waals surface area contributed by atoms with E-state index in [1.807, 2.05) is 5.38 Å². The summed E-state index contributed by atoms with van der Waals surface area (Å²) in [6.45, 7) is 4.38. The molecule has 0 radical (unpaired) electrons. The Balaban J connectivity index is 1.96. The number of hydrogen-bond acceptors (Lipinski definition) is 5. The van der Waals surface area contributed by atoms with Gasteiger partial charge in [-0.05, 0) is 17.7 Å². The number of carbonyl (C=O) groups is 2. The van der Waals surface area contributed by atoms with Gasteiger partial charge in [-0.3, -0.25) is 4.79 Å². The van der Waals surface area contributed by atoms with Gasteiger partial charge in [-0.2, -0.15) is 0 Å². The summed E-state index contributed by atoms with van der Waals surface area (Å²) in [5.41, 5.74) is 1.52.